The molecule has 0 aliphatic carbocycles. The van der Waals surface area contributed by atoms with E-state index in [1.165, 1.54) is 48.7 Å². The number of nitrogens with zero attached hydrogens (tertiary/aromatic N) is 2. The lowest BCUT2D eigenvalue weighted by atomic mass is 10.2. The van der Waals surface area contributed by atoms with Gasteiger partial charge in [0.25, 0.3) is 5.69 Å². The molecule has 0 spiro atoms. The summed E-state index contributed by atoms with van der Waals surface area (Å²) >= 11 is 0. The predicted octanol–water partition coefficient (Wildman–Crippen LogP) is 4.06. The number of nitro groups is 1. The molecule has 0 radical (unpaired) electrons. The third kappa shape index (κ3) is 3.81. The Hall–Kier alpha value is -2.90. The van der Waals surface area contributed by atoms with E-state index in [1.807, 2.05) is 0 Å². The highest BCUT2D eigenvalue weighted by Gasteiger charge is 2.33. The number of anilines is 1. The van der Waals surface area contributed by atoms with Gasteiger partial charge >= 0.3 is 6.18 Å². The van der Waals surface area contributed by atoms with E-state index in [2.05, 4.69) is 10.5 Å². The number of para-hydroxylation sites is 1. The molecule has 0 aliphatic rings. The Labute approximate surface area is 123 Å². The maximum atomic E-state index is 12.8. The standard InChI is InChI=1S/C14H10F3N3O2/c15-14(16,17)12-3-1-2-4-13(12)19-18-9-10-5-7-11(8-6-10)20(21)22/h1-9,19H. The molecule has 0 saturated carbocycles. The number of hydrogen-bond acceptors (Lipinski definition) is 4. The van der Waals surface area contributed by atoms with Crippen molar-refractivity contribution < 1.29 is 18.1 Å². The average molecular weight is 309 g/mol. The summed E-state index contributed by atoms with van der Waals surface area (Å²) in [6.07, 6.45) is -3.21. The zero-order valence-electron chi connectivity index (χ0n) is 11.0. The van der Waals surface area contributed by atoms with Gasteiger partial charge in [-0.1, -0.05) is 12.1 Å². The fraction of sp³-hybridized carbons (Fsp3) is 0.0714. The predicted molar refractivity (Wildman–Crippen MR) is 75.8 cm³/mol. The van der Waals surface area contributed by atoms with Crippen LogP contribution in [-0.4, -0.2) is 11.1 Å². The van der Waals surface area contributed by atoms with E-state index in [9.17, 15) is 23.3 Å². The second-order valence-corrected chi connectivity index (χ2v) is 4.26. The number of rotatable bonds is 4. The van der Waals surface area contributed by atoms with Crippen LogP contribution in [0.3, 0.4) is 0 Å². The maximum absolute atomic E-state index is 12.8. The summed E-state index contributed by atoms with van der Waals surface area (Å²) in [6, 6.07) is 10.4. The van der Waals surface area contributed by atoms with Gasteiger partial charge in [-0.05, 0) is 29.8 Å². The van der Waals surface area contributed by atoms with Gasteiger partial charge in [0.1, 0.15) is 0 Å². The second-order valence-electron chi connectivity index (χ2n) is 4.26. The maximum Gasteiger partial charge on any atom is 0.418 e. The molecule has 2 aromatic carbocycles. The SMILES string of the molecule is O=[N+]([O-])c1ccc(C=NNc2ccccc2C(F)(F)F)cc1. The van der Waals surface area contributed by atoms with Crippen LogP contribution >= 0.6 is 0 Å². The molecule has 0 aromatic heterocycles. The fourth-order valence-corrected chi connectivity index (χ4v) is 1.69. The van der Waals surface area contributed by atoms with Crippen molar-refractivity contribution in [2.45, 2.75) is 6.18 Å². The average Bonchev–Trinajstić information content (AvgIpc) is 2.47. The Balaban J connectivity index is 2.11. The van der Waals surface area contributed by atoms with Gasteiger partial charge < -0.3 is 0 Å². The molecule has 2 aromatic rings. The van der Waals surface area contributed by atoms with E-state index in [0.29, 0.717) is 5.56 Å². The van der Waals surface area contributed by atoms with Gasteiger partial charge in [0.2, 0.25) is 0 Å². The fourth-order valence-electron chi connectivity index (χ4n) is 1.69. The highest BCUT2D eigenvalue weighted by Crippen LogP contribution is 2.34. The van der Waals surface area contributed by atoms with E-state index in [1.54, 1.807) is 0 Å². The monoisotopic (exact) mass is 309 g/mol. The first kappa shape index (κ1) is 15.5. The lowest BCUT2D eigenvalue weighted by Crippen LogP contribution is -2.08. The Morgan fingerprint density at radius 1 is 1.09 bits per heavy atom. The molecule has 0 bridgehead atoms. The van der Waals surface area contributed by atoms with Crippen molar-refractivity contribution in [3.05, 3.63) is 69.8 Å². The van der Waals surface area contributed by atoms with Crippen LogP contribution in [0.15, 0.2) is 53.6 Å². The minimum atomic E-state index is -4.48. The van der Waals surface area contributed by atoms with Crippen LogP contribution in [0.1, 0.15) is 11.1 Å². The molecule has 0 unspecified atom stereocenters. The van der Waals surface area contributed by atoms with Gasteiger partial charge in [-0.25, -0.2) is 0 Å². The molecule has 1 N–H and O–H groups in total. The zero-order chi connectivity index (χ0) is 16.2. The first-order chi connectivity index (χ1) is 10.4. The normalized spacial score (nSPS) is 11.6. The minimum Gasteiger partial charge on any atom is -0.278 e. The van der Waals surface area contributed by atoms with Crippen LogP contribution in [0, 0.1) is 10.1 Å². The summed E-state index contributed by atoms with van der Waals surface area (Å²) in [5, 5.41) is 14.2. The quantitative estimate of drug-likeness (QED) is 0.526. The third-order valence-electron chi connectivity index (χ3n) is 2.73. The molecule has 22 heavy (non-hydrogen) atoms. The summed E-state index contributed by atoms with van der Waals surface area (Å²) in [5.74, 6) is 0. The molecule has 114 valence electrons. The zero-order valence-corrected chi connectivity index (χ0v) is 11.0. The summed E-state index contributed by atoms with van der Waals surface area (Å²) in [6.45, 7) is 0. The van der Waals surface area contributed by atoms with Crippen LogP contribution in [0.5, 0.6) is 0 Å². The van der Waals surface area contributed by atoms with Crippen LogP contribution in [0.4, 0.5) is 24.5 Å². The molecular formula is C14H10F3N3O2. The van der Waals surface area contributed by atoms with Crippen molar-refractivity contribution in [3.63, 3.8) is 0 Å². The van der Waals surface area contributed by atoms with Crippen molar-refractivity contribution in [2.24, 2.45) is 5.10 Å². The number of hydrazone groups is 1. The van der Waals surface area contributed by atoms with Crippen LogP contribution in [0.25, 0.3) is 0 Å². The molecule has 0 saturated heterocycles. The summed E-state index contributed by atoms with van der Waals surface area (Å²) in [4.78, 5) is 9.95. The first-order valence-electron chi connectivity index (χ1n) is 6.07. The largest absolute Gasteiger partial charge is 0.418 e. The number of nitro benzene ring substituents is 1. The summed E-state index contributed by atoms with van der Waals surface area (Å²) in [5.41, 5.74) is 1.76. The van der Waals surface area contributed by atoms with Crippen LogP contribution in [0.2, 0.25) is 0 Å². The molecule has 5 nitrogen and oxygen atoms in total. The lowest BCUT2D eigenvalue weighted by molar-refractivity contribution is -0.384. The molecule has 0 aliphatic heterocycles. The molecule has 0 heterocycles. The molecular weight excluding hydrogens is 299 g/mol. The Morgan fingerprint density at radius 2 is 1.73 bits per heavy atom. The minimum absolute atomic E-state index is 0.0764. The van der Waals surface area contributed by atoms with Gasteiger partial charge in [-0.2, -0.15) is 18.3 Å². The smallest absolute Gasteiger partial charge is 0.278 e. The van der Waals surface area contributed by atoms with E-state index in [-0.39, 0.29) is 11.4 Å². The highest BCUT2D eigenvalue weighted by atomic mass is 19.4. The first-order valence-corrected chi connectivity index (χ1v) is 6.07. The third-order valence-corrected chi connectivity index (χ3v) is 2.73. The Bertz CT molecular complexity index is 697. The van der Waals surface area contributed by atoms with Gasteiger partial charge in [0.05, 0.1) is 22.4 Å². The number of benzene rings is 2. The van der Waals surface area contributed by atoms with Crippen molar-refractivity contribution >= 4 is 17.6 Å². The summed E-state index contributed by atoms with van der Waals surface area (Å²) < 4.78 is 38.3. The number of halogens is 3. The number of hydrogen-bond donors (Lipinski definition) is 1. The van der Waals surface area contributed by atoms with E-state index >= 15 is 0 Å². The second kappa shape index (κ2) is 6.25. The van der Waals surface area contributed by atoms with Gasteiger partial charge in [0, 0.05) is 12.1 Å². The van der Waals surface area contributed by atoms with Crippen LogP contribution < -0.4 is 5.43 Å². The van der Waals surface area contributed by atoms with Gasteiger partial charge in [0.15, 0.2) is 0 Å². The van der Waals surface area contributed by atoms with Crippen molar-refractivity contribution in [1.82, 2.24) is 0 Å². The van der Waals surface area contributed by atoms with Crippen LogP contribution in [-0.2, 0) is 6.18 Å². The van der Waals surface area contributed by atoms with Crippen molar-refractivity contribution in [1.29, 1.82) is 0 Å². The summed E-state index contributed by atoms with van der Waals surface area (Å²) in [7, 11) is 0. The molecule has 0 atom stereocenters. The lowest BCUT2D eigenvalue weighted by Gasteiger charge is -2.11. The van der Waals surface area contributed by atoms with E-state index in [0.717, 1.165) is 6.07 Å². The number of nitrogens with one attached hydrogen (secondary N) is 1. The topological polar surface area (TPSA) is 67.5 Å². The Morgan fingerprint density at radius 3 is 2.32 bits per heavy atom. The van der Waals surface area contributed by atoms with Crippen molar-refractivity contribution in [2.75, 3.05) is 5.43 Å². The molecule has 2 rings (SSSR count). The Kier molecular flexibility index (Phi) is 4.40. The molecule has 0 amide bonds. The van der Waals surface area contributed by atoms with Gasteiger partial charge in [-0.15, -0.1) is 0 Å². The van der Waals surface area contributed by atoms with Gasteiger partial charge in [-0.3, -0.25) is 15.5 Å². The van der Waals surface area contributed by atoms with E-state index < -0.39 is 16.7 Å². The number of alkyl halides is 3. The molecule has 0 fully saturated rings. The van der Waals surface area contributed by atoms with Crippen molar-refractivity contribution in [3.8, 4) is 0 Å². The van der Waals surface area contributed by atoms with E-state index in [4.69, 9.17) is 0 Å². The highest BCUT2D eigenvalue weighted by molar-refractivity contribution is 5.80. The molecule has 8 heteroatoms. The number of non-ortho nitro benzene ring substituents is 1.